The van der Waals surface area contributed by atoms with Crippen LogP contribution in [-0.4, -0.2) is 43.4 Å². The number of hydrogen-bond donors (Lipinski definition) is 1. The van der Waals surface area contributed by atoms with Gasteiger partial charge < -0.3 is 14.6 Å². The van der Waals surface area contributed by atoms with Crippen LogP contribution in [-0.2, 0) is 21.4 Å². The lowest BCUT2D eigenvalue weighted by molar-refractivity contribution is -0.116. The van der Waals surface area contributed by atoms with Crippen molar-refractivity contribution in [3.63, 3.8) is 0 Å². The molecule has 1 aliphatic rings. The summed E-state index contributed by atoms with van der Waals surface area (Å²) in [6, 6.07) is 8.10. The van der Waals surface area contributed by atoms with E-state index in [1.54, 1.807) is 12.1 Å². The molecular weight excluding hydrogens is 382 g/mol. The van der Waals surface area contributed by atoms with Gasteiger partial charge in [0, 0.05) is 19.3 Å². The molecule has 1 aromatic heterocycles. The van der Waals surface area contributed by atoms with E-state index in [1.165, 1.54) is 29.7 Å². The number of anilines is 1. The Kier molecular flexibility index (Phi) is 5.85. The van der Waals surface area contributed by atoms with Gasteiger partial charge in [-0.05, 0) is 49.6 Å². The average Bonchev–Trinajstić information content (AvgIpc) is 3.19. The number of ether oxygens (including phenoxy) is 1. The summed E-state index contributed by atoms with van der Waals surface area (Å²) in [7, 11) is -2.36. The summed E-state index contributed by atoms with van der Waals surface area (Å²) in [5.41, 5.74) is 0.717. The fraction of sp³-hybridized carbons (Fsp3) is 0.368. The molecule has 3 rings (SSSR count). The molecule has 2 aromatic rings. The molecule has 0 aliphatic carbocycles. The smallest absolute Gasteiger partial charge is 0.271 e. The average molecular weight is 405 g/mol. The highest BCUT2D eigenvalue weighted by Crippen LogP contribution is 2.25. The van der Waals surface area contributed by atoms with Crippen LogP contribution < -0.4 is 15.6 Å². The monoisotopic (exact) mass is 405 g/mol. The number of benzene rings is 1. The molecule has 1 aliphatic heterocycles. The molecule has 0 radical (unpaired) electrons. The Morgan fingerprint density at radius 3 is 2.61 bits per heavy atom. The Labute approximate surface area is 163 Å². The minimum atomic E-state index is -3.85. The van der Waals surface area contributed by atoms with Crippen LogP contribution in [0.4, 0.5) is 5.69 Å². The summed E-state index contributed by atoms with van der Waals surface area (Å²) in [5.74, 6) is 0.0402. The molecule has 8 nitrogen and oxygen atoms in total. The molecule has 0 saturated carbocycles. The lowest BCUT2D eigenvalue weighted by Crippen LogP contribution is -2.36. The standard InChI is InChI=1S/C19H23N3O5S/c1-14-7-8-16(27-2)15(12-14)20-18(23)13-21-9-5-6-17(19(21)24)28(25,26)22-10-3-4-11-22/h5-9,12H,3-4,10-11,13H2,1-2H3,(H,20,23). The van der Waals surface area contributed by atoms with Gasteiger partial charge in [0.15, 0.2) is 0 Å². The summed E-state index contributed by atoms with van der Waals surface area (Å²) in [6.07, 6.45) is 2.96. The predicted molar refractivity (Wildman–Crippen MR) is 105 cm³/mol. The maximum absolute atomic E-state index is 12.7. The first kappa shape index (κ1) is 20.1. The van der Waals surface area contributed by atoms with E-state index in [9.17, 15) is 18.0 Å². The summed E-state index contributed by atoms with van der Waals surface area (Å²) in [5, 5.41) is 2.71. The second kappa shape index (κ2) is 8.15. The summed E-state index contributed by atoms with van der Waals surface area (Å²) < 4.78 is 33.0. The van der Waals surface area contributed by atoms with Crippen molar-refractivity contribution in [1.29, 1.82) is 0 Å². The van der Waals surface area contributed by atoms with Crippen LogP contribution in [0.1, 0.15) is 18.4 Å². The molecule has 1 fully saturated rings. The van der Waals surface area contributed by atoms with E-state index in [0.717, 1.165) is 23.0 Å². The third kappa shape index (κ3) is 4.10. The zero-order valence-corrected chi connectivity index (χ0v) is 16.7. The lowest BCUT2D eigenvalue weighted by atomic mass is 10.2. The van der Waals surface area contributed by atoms with Crippen molar-refractivity contribution in [2.45, 2.75) is 31.2 Å². The molecule has 1 saturated heterocycles. The Hall–Kier alpha value is -2.65. The third-order valence-corrected chi connectivity index (χ3v) is 6.52. The Balaban J connectivity index is 1.83. The van der Waals surface area contributed by atoms with E-state index >= 15 is 0 Å². The molecule has 150 valence electrons. The fourth-order valence-corrected chi connectivity index (χ4v) is 4.77. The number of sulfonamides is 1. The second-order valence-corrected chi connectivity index (χ2v) is 8.57. The highest BCUT2D eigenvalue weighted by Gasteiger charge is 2.30. The highest BCUT2D eigenvalue weighted by atomic mass is 32.2. The summed E-state index contributed by atoms with van der Waals surface area (Å²) in [6.45, 7) is 2.39. The second-order valence-electron chi connectivity index (χ2n) is 6.67. The van der Waals surface area contributed by atoms with Crippen LogP contribution in [0.25, 0.3) is 0 Å². The number of rotatable bonds is 6. The van der Waals surface area contributed by atoms with Crippen LogP contribution in [0, 0.1) is 6.92 Å². The maximum Gasteiger partial charge on any atom is 0.271 e. The van der Waals surface area contributed by atoms with E-state index in [2.05, 4.69) is 5.32 Å². The molecule has 0 bridgehead atoms. The molecule has 1 amide bonds. The summed E-state index contributed by atoms with van der Waals surface area (Å²) in [4.78, 5) is 24.8. The van der Waals surface area contributed by atoms with Gasteiger partial charge in [0.25, 0.3) is 5.56 Å². The van der Waals surface area contributed by atoms with Crippen LogP contribution in [0.15, 0.2) is 46.2 Å². The fourth-order valence-electron chi connectivity index (χ4n) is 3.17. The Morgan fingerprint density at radius 2 is 1.93 bits per heavy atom. The third-order valence-electron chi connectivity index (χ3n) is 4.61. The molecular formula is C19H23N3O5S. The van der Waals surface area contributed by atoms with Crippen molar-refractivity contribution < 1.29 is 17.9 Å². The van der Waals surface area contributed by atoms with Crippen molar-refractivity contribution in [3.8, 4) is 5.75 Å². The van der Waals surface area contributed by atoms with E-state index in [0.29, 0.717) is 24.5 Å². The number of nitrogens with one attached hydrogen (secondary N) is 1. The maximum atomic E-state index is 12.7. The summed E-state index contributed by atoms with van der Waals surface area (Å²) >= 11 is 0. The van der Waals surface area contributed by atoms with Crippen molar-refractivity contribution in [2.75, 3.05) is 25.5 Å². The zero-order chi connectivity index (χ0) is 20.3. The van der Waals surface area contributed by atoms with Crippen molar-refractivity contribution >= 4 is 21.6 Å². The van der Waals surface area contributed by atoms with Gasteiger partial charge >= 0.3 is 0 Å². The number of pyridine rings is 1. The van der Waals surface area contributed by atoms with Gasteiger partial charge in [-0.1, -0.05) is 6.07 Å². The van der Waals surface area contributed by atoms with Gasteiger partial charge in [0.05, 0.1) is 12.8 Å². The molecule has 0 spiro atoms. The van der Waals surface area contributed by atoms with Gasteiger partial charge in [-0.2, -0.15) is 4.31 Å². The minimum absolute atomic E-state index is 0.306. The van der Waals surface area contributed by atoms with Gasteiger partial charge in [-0.3, -0.25) is 9.59 Å². The Bertz CT molecular complexity index is 1040. The molecule has 2 heterocycles. The van der Waals surface area contributed by atoms with Crippen molar-refractivity contribution in [3.05, 3.63) is 52.4 Å². The lowest BCUT2D eigenvalue weighted by Gasteiger charge is -2.16. The predicted octanol–water partition coefficient (Wildman–Crippen LogP) is 1.59. The molecule has 28 heavy (non-hydrogen) atoms. The molecule has 0 unspecified atom stereocenters. The van der Waals surface area contributed by atoms with E-state index in [-0.39, 0.29) is 11.4 Å². The van der Waals surface area contributed by atoms with E-state index < -0.39 is 21.5 Å². The zero-order valence-electron chi connectivity index (χ0n) is 15.8. The largest absolute Gasteiger partial charge is 0.495 e. The van der Waals surface area contributed by atoms with E-state index in [4.69, 9.17) is 4.74 Å². The molecule has 9 heteroatoms. The quantitative estimate of drug-likeness (QED) is 0.787. The number of hydrogen-bond acceptors (Lipinski definition) is 5. The highest BCUT2D eigenvalue weighted by molar-refractivity contribution is 7.89. The number of aryl methyl sites for hydroxylation is 1. The Morgan fingerprint density at radius 1 is 1.21 bits per heavy atom. The first-order valence-corrected chi connectivity index (χ1v) is 10.4. The first-order chi connectivity index (χ1) is 13.3. The van der Waals surface area contributed by atoms with Gasteiger partial charge in [0.2, 0.25) is 15.9 Å². The van der Waals surface area contributed by atoms with Crippen LogP contribution >= 0.6 is 0 Å². The molecule has 1 aromatic carbocycles. The molecule has 1 N–H and O–H groups in total. The number of carbonyl (C=O) groups is 1. The van der Waals surface area contributed by atoms with E-state index in [1.807, 2.05) is 13.0 Å². The van der Waals surface area contributed by atoms with Crippen molar-refractivity contribution in [2.24, 2.45) is 0 Å². The molecule has 0 atom stereocenters. The van der Waals surface area contributed by atoms with Crippen LogP contribution in [0.3, 0.4) is 0 Å². The number of aromatic nitrogens is 1. The van der Waals surface area contributed by atoms with Crippen LogP contribution in [0.5, 0.6) is 5.75 Å². The van der Waals surface area contributed by atoms with Gasteiger partial charge in [0.1, 0.15) is 17.2 Å². The number of amides is 1. The van der Waals surface area contributed by atoms with Gasteiger partial charge in [-0.25, -0.2) is 8.42 Å². The SMILES string of the molecule is COc1ccc(C)cc1NC(=O)Cn1cccc(S(=O)(=O)N2CCCC2)c1=O. The van der Waals surface area contributed by atoms with Crippen LogP contribution in [0.2, 0.25) is 0 Å². The van der Waals surface area contributed by atoms with Gasteiger partial charge in [-0.15, -0.1) is 0 Å². The van der Waals surface area contributed by atoms with Crippen molar-refractivity contribution in [1.82, 2.24) is 8.87 Å². The normalized spacial score (nSPS) is 14.8. The number of carbonyl (C=O) groups excluding carboxylic acids is 1. The minimum Gasteiger partial charge on any atom is -0.495 e. The topological polar surface area (TPSA) is 97.7 Å². The number of nitrogens with zero attached hydrogens (tertiary/aromatic N) is 2. The first-order valence-electron chi connectivity index (χ1n) is 8.97. The number of methoxy groups -OCH3 is 1.